The molecule has 0 amide bonds. The van der Waals surface area contributed by atoms with Crippen LogP contribution in [-0.4, -0.2) is 27.5 Å². The summed E-state index contributed by atoms with van der Waals surface area (Å²) in [6.45, 7) is 0. The van der Waals surface area contributed by atoms with E-state index in [4.69, 9.17) is 4.74 Å². The molecule has 0 aliphatic carbocycles. The lowest BCUT2D eigenvalue weighted by molar-refractivity contribution is 0.413. The molecule has 1 rings (SSSR count). The zero-order valence-corrected chi connectivity index (χ0v) is 8.00. The van der Waals surface area contributed by atoms with Crippen molar-refractivity contribution in [1.82, 2.24) is 0 Å². The van der Waals surface area contributed by atoms with Gasteiger partial charge in [0.2, 0.25) is 6.29 Å². The zero-order chi connectivity index (χ0) is 9.84. The van der Waals surface area contributed by atoms with Gasteiger partial charge >= 0.3 is 0 Å². The average Bonchev–Trinajstić information content (AvgIpc) is 2.16. The van der Waals surface area contributed by atoms with Crippen molar-refractivity contribution in [3.05, 3.63) is 23.8 Å². The number of carbonyl (C=O) groups excluding carboxylic acids is 1. The molecule has 3 nitrogen and oxygen atoms in total. The van der Waals surface area contributed by atoms with Crippen LogP contribution in [0.15, 0.2) is 18.2 Å². The van der Waals surface area contributed by atoms with Crippen molar-refractivity contribution >= 4 is 12.0 Å². The number of methoxy groups -OCH3 is 1. The van der Waals surface area contributed by atoms with Crippen molar-refractivity contribution in [1.29, 1.82) is 0 Å². The smallest absolute Gasteiger partial charge is 0.237 e. The molecule has 13 heavy (non-hydrogen) atoms. The van der Waals surface area contributed by atoms with Gasteiger partial charge in [0.25, 0.3) is 0 Å². The third-order valence-electron chi connectivity index (χ3n) is 1.81. The summed E-state index contributed by atoms with van der Waals surface area (Å²) in [5, 5.41) is 0. The molecule has 0 saturated carbocycles. The number of hydrogen-bond donors (Lipinski definition) is 0. The summed E-state index contributed by atoms with van der Waals surface area (Å²) in [4.78, 5) is 12.4. The van der Waals surface area contributed by atoms with Gasteiger partial charge in [0.1, 0.15) is 5.75 Å². The van der Waals surface area contributed by atoms with E-state index in [0.717, 1.165) is 5.69 Å². The highest BCUT2D eigenvalue weighted by Crippen LogP contribution is 2.22. The molecular formula is C10H12NO2. The van der Waals surface area contributed by atoms with Crippen molar-refractivity contribution in [2.24, 2.45) is 0 Å². The summed E-state index contributed by atoms with van der Waals surface area (Å²) >= 11 is 0. The fourth-order valence-electron chi connectivity index (χ4n) is 1.04. The van der Waals surface area contributed by atoms with E-state index < -0.39 is 0 Å². The van der Waals surface area contributed by atoms with E-state index in [0.29, 0.717) is 11.3 Å². The maximum Gasteiger partial charge on any atom is 0.237 e. The Morgan fingerprint density at radius 2 is 2.08 bits per heavy atom. The first-order chi connectivity index (χ1) is 6.19. The normalized spacial score (nSPS) is 9.46. The molecule has 0 aromatic heterocycles. The number of nitrogens with zero attached hydrogens (tertiary/aromatic N) is 1. The van der Waals surface area contributed by atoms with Crippen LogP contribution in [0, 0.1) is 0 Å². The predicted octanol–water partition coefficient (Wildman–Crippen LogP) is 1.22. The van der Waals surface area contributed by atoms with Crippen LogP contribution in [0.5, 0.6) is 5.75 Å². The minimum Gasteiger partial charge on any atom is -0.496 e. The van der Waals surface area contributed by atoms with Crippen LogP contribution in [-0.2, 0) is 4.79 Å². The van der Waals surface area contributed by atoms with Gasteiger partial charge in [0.05, 0.1) is 12.7 Å². The van der Waals surface area contributed by atoms with Gasteiger partial charge in [-0.1, -0.05) is 0 Å². The first-order valence-electron chi connectivity index (χ1n) is 3.92. The maximum atomic E-state index is 10.4. The summed E-state index contributed by atoms with van der Waals surface area (Å²) < 4.78 is 5.04. The average molecular weight is 178 g/mol. The molecule has 0 N–H and O–H groups in total. The first kappa shape index (κ1) is 9.58. The van der Waals surface area contributed by atoms with E-state index in [-0.39, 0.29) is 0 Å². The molecule has 3 heteroatoms. The fourth-order valence-corrected chi connectivity index (χ4v) is 1.04. The van der Waals surface area contributed by atoms with Crippen LogP contribution in [0.2, 0.25) is 0 Å². The molecular weight excluding hydrogens is 166 g/mol. The van der Waals surface area contributed by atoms with Gasteiger partial charge < -0.3 is 9.64 Å². The van der Waals surface area contributed by atoms with E-state index in [2.05, 4.69) is 0 Å². The molecule has 1 aromatic rings. The molecule has 0 fully saturated rings. The first-order valence-corrected chi connectivity index (χ1v) is 3.92. The van der Waals surface area contributed by atoms with Crippen molar-refractivity contribution in [2.45, 2.75) is 0 Å². The summed E-state index contributed by atoms with van der Waals surface area (Å²) in [7, 11) is 5.40. The molecule has 69 valence electrons. The minimum atomic E-state index is 0.452. The standard InChI is InChI=1S/C10H12NO2/c1-11(2)9-5-4-8(7-12)10(6-9)13-3/h4-6H,1-3H3. The van der Waals surface area contributed by atoms with Crippen LogP contribution in [0.3, 0.4) is 0 Å². The Morgan fingerprint density at radius 1 is 1.38 bits per heavy atom. The topological polar surface area (TPSA) is 29.5 Å². The number of rotatable bonds is 3. The van der Waals surface area contributed by atoms with Gasteiger partial charge in [-0.15, -0.1) is 0 Å². The highest BCUT2D eigenvalue weighted by molar-refractivity contribution is 5.81. The zero-order valence-electron chi connectivity index (χ0n) is 8.00. The molecule has 0 bridgehead atoms. The third-order valence-corrected chi connectivity index (χ3v) is 1.81. The molecule has 0 atom stereocenters. The minimum absolute atomic E-state index is 0.452. The highest BCUT2D eigenvalue weighted by Gasteiger charge is 2.04. The molecule has 0 unspecified atom stereocenters. The molecule has 0 aliphatic heterocycles. The Labute approximate surface area is 77.9 Å². The lowest BCUT2D eigenvalue weighted by atomic mass is 10.2. The number of anilines is 1. The molecule has 0 spiro atoms. The van der Waals surface area contributed by atoms with Crippen molar-refractivity contribution < 1.29 is 9.53 Å². The van der Waals surface area contributed by atoms with E-state index in [1.54, 1.807) is 12.1 Å². The summed E-state index contributed by atoms with van der Waals surface area (Å²) in [6, 6.07) is 5.35. The van der Waals surface area contributed by atoms with Crippen molar-refractivity contribution in [3.63, 3.8) is 0 Å². The van der Waals surface area contributed by atoms with E-state index in [1.807, 2.05) is 31.3 Å². The van der Waals surface area contributed by atoms with Crippen LogP contribution in [0.1, 0.15) is 5.56 Å². The third kappa shape index (κ3) is 1.99. The monoisotopic (exact) mass is 178 g/mol. The molecule has 1 aromatic carbocycles. The maximum absolute atomic E-state index is 10.4. The Bertz CT molecular complexity index is 308. The van der Waals surface area contributed by atoms with Gasteiger partial charge in [0, 0.05) is 25.8 Å². The Balaban J connectivity index is 3.12. The van der Waals surface area contributed by atoms with E-state index >= 15 is 0 Å². The van der Waals surface area contributed by atoms with Crippen LogP contribution >= 0.6 is 0 Å². The lowest BCUT2D eigenvalue weighted by Crippen LogP contribution is -2.08. The van der Waals surface area contributed by atoms with E-state index in [9.17, 15) is 4.79 Å². The predicted molar refractivity (Wildman–Crippen MR) is 52.1 cm³/mol. The number of ether oxygens (including phenoxy) is 1. The Morgan fingerprint density at radius 3 is 2.54 bits per heavy atom. The molecule has 0 saturated heterocycles. The fraction of sp³-hybridized carbons (Fsp3) is 0.300. The Hall–Kier alpha value is -1.51. The largest absolute Gasteiger partial charge is 0.496 e. The van der Waals surface area contributed by atoms with Crippen LogP contribution in [0.25, 0.3) is 0 Å². The van der Waals surface area contributed by atoms with Gasteiger partial charge in [-0.2, -0.15) is 0 Å². The molecule has 1 radical (unpaired) electrons. The molecule has 0 heterocycles. The van der Waals surface area contributed by atoms with Crippen LogP contribution < -0.4 is 9.64 Å². The quantitative estimate of drug-likeness (QED) is 0.697. The van der Waals surface area contributed by atoms with Crippen LogP contribution in [0.4, 0.5) is 5.69 Å². The van der Waals surface area contributed by atoms with Gasteiger partial charge in [-0.3, -0.25) is 4.79 Å². The lowest BCUT2D eigenvalue weighted by Gasteiger charge is -2.13. The second-order valence-corrected chi connectivity index (χ2v) is 2.88. The van der Waals surface area contributed by atoms with Crippen molar-refractivity contribution in [3.8, 4) is 5.75 Å². The number of hydrogen-bond acceptors (Lipinski definition) is 3. The highest BCUT2D eigenvalue weighted by atomic mass is 16.5. The summed E-state index contributed by atoms with van der Waals surface area (Å²) in [6.07, 6.45) is 1.82. The van der Waals surface area contributed by atoms with E-state index in [1.165, 1.54) is 7.11 Å². The second-order valence-electron chi connectivity index (χ2n) is 2.88. The van der Waals surface area contributed by atoms with Crippen molar-refractivity contribution in [2.75, 3.05) is 26.1 Å². The number of benzene rings is 1. The Kier molecular flexibility index (Phi) is 2.90. The summed E-state index contributed by atoms with van der Waals surface area (Å²) in [5.41, 5.74) is 1.45. The second kappa shape index (κ2) is 3.94. The van der Waals surface area contributed by atoms with Gasteiger partial charge in [-0.05, 0) is 12.1 Å². The van der Waals surface area contributed by atoms with Gasteiger partial charge in [0.15, 0.2) is 0 Å². The summed E-state index contributed by atoms with van der Waals surface area (Å²) in [5.74, 6) is 0.557. The molecule has 0 aliphatic rings. The van der Waals surface area contributed by atoms with Gasteiger partial charge in [-0.25, -0.2) is 0 Å². The SMILES string of the molecule is COc1cc(N(C)C)ccc1[C]=O.